The maximum atomic E-state index is 14.1. The predicted molar refractivity (Wildman–Crippen MR) is 96.0 cm³/mol. The second kappa shape index (κ2) is 8.40. The molecule has 0 amide bonds. The van der Waals surface area contributed by atoms with Gasteiger partial charge in [-0.05, 0) is 23.3 Å². The Hall–Kier alpha value is -2.99. The molecule has 26 heavy (non-hydrogen) atoms. The fraction of sp³-hybridized carbons (Fsp3) is 0.200. The van der Waals surface area contributed by atoms with Gasteiger partial charge >= 0.3 is 5.97 Å². The van der Waals surface area contributed by atoms with Crippen LogP contribution >= 0.6 is 0 Å². The number of ether oxygens (including phenoxy) is 1. The number of nitrogens with zero attached hydrogens (tertiary/aromatic N) is 2. The zero-order chi connectivity index (χ0) is 18.4. The average molecular weight is 353 g/mol. The molecule has 0 bridgehead atoms. The van der Waals surface area contributed by atoms with E-state index in [4.69, 9.17) is 0 Å². The van der Waals surface area contributed by atoms with Crippen molar-refractivity contribution in [3.05, 3.63) is 89.8 Å². The van der Waals surface area contributed by atoms with Gasteiger partial charge in [0.1, 0.15) is 5.82 Å². The van der Waals surface area contributed by atoms with Gasteiger partial charge in [0, 0.05) is 25.5 Å². The summed E-state index contributed by atoms with van der Waals surface area (Å²) in [4.78, 5) is 15.6. The van der Waals surface area contributed by atoms with E-state index in [2.05, 4.69) is 27.2 Å². The van der Waals surface area contributed by atoms with Crippen LogP contribution in [0.15, 0.2) is 67.3 Å². The second-order valence-electron chi connectivity index (χ2n) is 5.91. The number of rotatable bonds is 7. The summed E-state index contributed by atoms with van der Waals surface area (Å²) < 4.78 is 20.7. The highest BCUT2D eigenvalue weighted by atomic mass is 19.1. The summed E-state index contributed by atoms with van der Waals surface area (Å²) in [5.41, 5.74) is 1.82. The van der Waals surface area contributed by atoms with Crippen LogP contribution in [0.1, 0.15) is 27.5 Å². The summed E-state index contributed by atoms with van der Waals surface area (Å²) in [5, 5.41) is 3.45. The van der Waals surface area contributed by atoms with Gasteiger partial charge in [-0.2, -0.15) is 0 Å². The molecule has 3 aromatic rings. The quantitative estimate of drug-likeness (QED) is 0.662. The minimum absolute atomic E-state index is 0.0359. The highest BCUT2D eigenvalue weighted by molar-refractivity contribution is 5.89. The van der Waals surface area contributed by atoms with Crippen molar-refractivity contribution in [2.45, 2.75) is 19.1 Å². The molecule has 1 atom stereocenters. The average Bonchev–Trinajstić information content (AvgIpc) is 3.18. The minimum Gasteiger partial charge on any atom is -0.465 e. The molecule has 1 aromatic heterocycles. The topological polar surface area (TPSA) is 56.1 Å². The Balaban J connectivity index is 1.73. The number of esters is 1. The number of halogens is 1. The third-order valence-electron chi connectivity index (χ3n) is 4.15. The molecular formula is C20H20FN3O2. The summed E-state index contributed by atoms with van der Waals surface area (Å²) >= 11 is 0. The van der Waals surface area contributed by atoms with E-state index in [9.17, 15) is 9.18 Å². The van der Waals surface area contributed by atoms with Crippen molar-refractivity contribution in [2.24, 2.45) is 0 Å². The van der Waals surface area contributed by atoms with Crippen LogP contribution in [-0.2, 0) is 17.8 Å². The molecule has 1 N–H and O–H groups in total. The number of carbonyl (C=O) groups excluding carboxylic acids is 1. The number of methoxy groups -OCH3 is 1. The smallest absolute Gasteiger partial charge is 0.340 e. The molecule has 0 aliphatic rings. The van der Waals surface area contributed by atoms with E-state index in [0.717, 1.165) is 11.1 Å². The molecule has 6 heteroatoms. The number of aromatic nitrogens is 2. The first-order valence-electron chi connectivity index (χ1n) is 8.28. The lowest BCUT2D eigenvalue weighted by Crippen LogP contribution is -2.25. The van der Waals surface area contributed by atoms with Gasteiger partial charge in [0.2, 0.25) is 0 Å². The van der Waals surface area contributed by atoms with Crippen LogP contribution < -0.4 is 5.32 Å². The Morgan fingerprint density at radius 2 is 2.08 bits per heavy atom. The van der Waals surface area contributed by atoms with Crippen LogP contribution in [0.3, 0.4) is 0 Å². The molecule has 0 fully saturated rings. The van der Waals surface area contributed by atoms with Crippen LogP contribution in [0, 0.1) is 5.82 Å². The predicted octanol–water partition coefficient (Wildman–Crippen LogP) is 3.34. The molecule has 1 heterocycles. The van der Waals surface area contributed by atoms with Crippen molar-refractivity contribution in [1.82, 2.24) is 14.9 Å². The van der Waals surface area contributed by atoms with Gasteiger partial charge in [-0.25, -0.2) is 14.2 Å². The van der Waals surface area contributed by atoms with E-state index in [0.29, 0.717) is 13.1 Å². The van der Waals surface area contributed by atoms with Gasteiger partial charge < -0.3 is 14.6 Å². The monoisotopic (exact) mass is 353 g/mol. The van der Waals surface area contributed by atoms with E-state index in [-0.39, 0.29) is 11.6 Å². The Bertz CT molecular complexity index is 851. The number of benzene rings is 2. The van der Waals surface area contributed by atoms with Gasteiger partial charge in [0.25, 0.3) is 0 Å². The molecule has 3 rings (SSSR count). The molecule has 5 nitrogen and oxygen atoms in total. The maximum Gasteiger partial charge on any atom is 0.340 e. The van der Waals surface area contributed by atoms with Gasteiger partial charge in [-0.15, -0.1) is 0 Å². The molecule has 0 radical (unpaired) electrons. The Labute approximate surface area is 151 Å². The molecule has 0 saturated heterocycles. The number of carbonyl (C=O) groups is 1. The molecule has 1 unspecified atom stereocenters. The highest BCUT2D eigenvalue weighted by Crippen LogP contribution is 2.17. The van der Waals surface area contributed by atoms with Crippen molar-refractivity contribution < 1.29 is 13.9 Å². The lowest BCUT2D eigenvalue weighted by Gasteiger charge is -2.20. The van der Waals surface area contributed by atoms with Crippen molar-refractivity contribution >= 4 is 5.97 Å². The molecule has 0 aliphatic carbocycles. The van der Waals surface area contributed by atoms with Gasteiger partial charge in [0.05, 0.1) is 25.0 Å². The van der Waals surface area contributed by atoms with Crippen LogP contribution in [-0.4, -0.2) is 22.6 Å². The van der Waals surface area contributed by atoms with Gasteiger partial charge in [-0.3, -0.25) is 0 Å². The van der Waals surface area contributed by atoms with Crippen LogP contribution in [0.4, 0.5) is 4.39 Å². The van der Waals surface area contributed by atoms with Crippen LogP contribution in [0.2, 0.25) is 0 Å². The zero-order valence-electron chi connectivity index (χ0n) is 14.4. The Morgan fingerprint density at radius 1 is 1.27 bits per heavy atom. The fourth-order valence-corrected chi connectivity index (χ4v) is 2.76. The summed E-state index contributed by atoms with van der Waals surface area (Å²) in [6.45, 7) is 1.17. The van der Waals surface area contributed by atoms with Gasteiger partial charge in [0.15, 0.2) is 0 Å². The standard InChI is InChI=1S/C20H20FN3O2/c1-26-20(25)17-8-7-15(11-18(17)21)12-23-19(13-24-10-9-22-14-24)16-5-3-2-4-6-16/h2-11,14,19,23H,12-13H2,1H3. The summed E-state index contributed by atoms with van der Waals surface area (Å²) in [5.74, 6) is -1.26. The molecule has 0 saturated carbocycles. The van der Waals surface area contributed by atoms with Crippen LogP contribution in [0.25, 0.3) is 0 Å². The zero-order valence-corrected chi connectivity index (χ0v) is 14.4. The highest BCUT2D eigenvalue weighted by Gasteiger charge is 2.14. The lowest BCUT2D eigenvalue weighted by molar-refractivity contribution is 0.0595. The van der Waals surface area contributed by atoms with E-state index in [1.807, 2.05) is 29.0 Å². The third kappa shape index (κ3) is 4.34. The lowest BCUT2D eigenvalue weighted by atomic mass is 10.1. The third-order valence-corrected chi connectivity index (χ3v) is 4.15. The fourth-order valence-electron chi connectivity index (χ4n) is 2.76. The molecule has 134 valence electrons. The van der Waals surface area contributed by atoms with Crippen molar-refractivity contribution in [2.75, 3.05) is 7.11 Å². The molecule has 0 spiro atoms. The molecular weight excluding hydrogens is 333 g/mol. The second-order valence-corrected chi connectivity index (χ2v) is 5.91. The number of hydrogen-bond acceptors (Lipinski definition) is 4. The Kier molecular flexibility index (Phi) is 5.76. The van der Waals surface area contributed by atoms with E-state index in [1.54, 1.807) is 18.6 Å². The van der Waals surface area contributed by atoms with Crippen molar-refractivity contribution in [1.29, 1.82) is 0 Å². The molecule has 0 aliphatic heterocycles. The maximum absolute atomic E-state index is 14.1. The summed E-state index contributed by atoms with van der Waals surface area (Å²) in [6.07, 6.45) is 5.41. The van der Waals surface area contributed by atoms with E-state index in [1.165, 1.54) is 19.2 Å². The SMILES string of the molecule is COC(=O)c1ccc(CNC(Cn2ccnc2)c2ccccc2)cc1F. The van der Waals surface area contributed by atoms with Crippen LogP contribution in [0.5, 0.6) is 0 Å². The summed E-state index contributed by atoms with van der Waals surface area (Å²) in [7, 11) is 1.23. The van der Waals surface area contributed by atoms with Crippen molar-refractivity contribution in [3.8, 4) is 0 Å². The van der Waals surface area contributed by atoms with Gasteiger partial charge in [-0.1, -0.05) is 36.4 Å². The first-order chi connectivity index (χ1) is 12.7. The Morgan fingerprint density at radius 3 is 2.73 bits per heavy atom. The summed E-state index contributed by atoms with van der Waals surface area (Å²) in [6, 6.07) is 14.6. The largest absolute Gasteiger partial charge is 0.465 e. The number of hydrogen-bond donors (Lipinski definition) is 1. The first kappa shape index (κ1) is 17.8. The van der Waals surface area contributed by atoms with Crippen molar-refractivity contribution in [3.63, 3.8) is 0 Å². The minimum atomic E-state index is -0.677. The number of imidazole rings is 1. The first-order valence-corrected chi connectivity index (χ1v) is 8.28. The van der Waals surface area contributed by atoms with E-state index < -0.39 is 11.8 Å². The normalized spacial score (nSPS) is 11.9. The number of nitrogens with one attached hydrogen (secondary N) is 1. The van der Waals surface area contributed by atoms with E-state index >= 15 is 0 Å². The molecule has 2 aromatic carbocycles.